The number of sulfonamides is 1. The molecular weight excluding hydrogens is 572 g/mol. The fourth-order valence-electron chi connectivity index (χ4n) is 4.57. The van der Waals surface area contributed by atoms with Crippen LogP contribution >= 0.6 is 0 Å². The minimum absolute atomic E-state index is 0.0262. The summed E-state index contributed by atoms with van der Waals surface area (Å²) in [7, 11) is -3.50. The second kappa shape index (κ2) is 15.4. The van der Waals surface area contributed by atoms with Gasteiger partial charge in [-0.1, -0.05) is 72.8 Å². The van der Waals surface area contributed by atoms with Crippen LogP contribution in [0.15, 0.2) is 89.9 Å². The molecule has 3 aromatic rings. The number of carbonyl (C=O) groups excluding carboxylic acids is 2. The molecule has 0 saturated heterocycles. The number of carboxylic acid groups (broad SMARTS) is 1. The molecule has 0 spiro atoms. The zero-order valence-electron chi connectivity index (χ0n) is 23.7. The molecule has 3 rings (SSSR count). The van der Waals surface area contributed by atoms with Gasteiger partial charge in [-0.2, -0.15) is 0 Å². The quantitative estimate of drug-likeness (QED) is 0.0978. The molecule has 1 atom stereocenters. The molecule has 3 aromatic carbocycles. The van der Waals surface area contributed by atoms with Gasteiger partial charge in [-0.15, -0.1) is 0 Å². The van der Waals surface area contributed by atoms with Gasteiger partial charge in [0, 0.05) is 18.8 Å². The average Bonchev–Trinajstić information content (AvgIpc) is 2.96. The highest BCUT2D eigenvalue weighted by atomic mass is 32.2. The van der Waals surface area contributed by atoms with Crippen LogP contribution in [0.25, 0.3) is 0 Å². The van der Waals surface area contributed by atoms with Crippen molar-refractivity contribution in [3.05, 3.63) is 102 Å². The normalized spacial score (nSPS) is 11.8. The van der Waals surface area contributed by atoms with Crippen molar-refractivity contribution in [2.24, 2.45) is 16.5 Å². The maximum Gasteiger partial charge on any atom is 0.322 e. The number of benzene rings is 3. The summed E-state index contributed by atoms with van der Waals surface area (Å²) in [4.78, 5) is 44.8. The molecule has 228 valence electrons. The first-order valence-corrected chi connectivity index (χ1v) is 15.4. The van der Waals surface area contributed by atoms with E-state index in [1.54, 1.807) is 24.3 Å². The van der Waals surface area contributed by atoms with Crippen LogP contribution in [0.4, 0.5) is 5.69 Å². The maximum absolute atomic E-state index is 14.6. The number of nitrogens with two attached hydrogens (primary N) is 2. The van der Waals surface area contributed by atoms with Crippen molar-refractivity contribution < 1.29 is 27.9 Å². The Morgan fingerprint density at radius 1 is 0.907 bits per heavy atom. The lowest BCUT2D eigenvalue weighted by atomic mass is 9.89. The van der Waals surface area contributed by atoms with Crippen LogP contribution in [0.2, 0.25) is 0 Å². The van der Waals surface area contributed by atoms with Crippen LogP contribution in [0.3, 0.4) is 0 Å². The first-order valence-electron chi connectivity index (χ1n) is 13.5. The van der Waals surface area contributed by atoms with Gasteiger partial charge in [-0.25, -0.2) is 8.42 Å². The van der Waals surface area contributed by atoms with Crippen LogP contribution in [0.5, 0.6) is 0 Å². The second-order valence-electron chi connectivity index (χ2n) is 9.87. The number of guanidine groups is 1. The average molecular weight is 609 g/mol. The molecule has 7 N–H and O–H groups in total. The molecule has 0 aliphatic heterocycles. The Morgan fingerprint density at radius 2 is 1.47 bits per heavy atom. The fourth-order valence-corrected chi connectivity index (χ4v) is 5.13. The SMILES string of the molecule is CS(=O)(=O)Nc1ccc(CN(C(=O)C(c2ccccc2)c2ccccc2)[C@@H](CCCN=C(N)N)C(=O)NCC(=O)O)cc1. The fraction of sp³-hybridized carbons (Fsp3) is 0.267. The van der Waals surface area contributed by atoms with Crippen LogP contribution in [-0.2, 0) is 31.0 Å². The van der Waals surface area contributed by atoms with Crippen molar-refractivity contribution >= 4 is 39.5 Å². The number of hydrogen-bond donors (Lipinski definition) is 5. The molecule has 0 fully saturated rings. The van der Waals surface area contributed by atoms with Gasteiger partial charge in [-0.3, -0.25) is 24.1 Å². The molecule has 0 heterocycles. The number of hydrogen-bond acceptors (Lipinski definition) is 6. The van der Waals surface area contributed by atoms with Gasteiger partial charge in [0.15, 0.2) is 5.96 Å². The summed E-state index contributed by atoms with van der Waals surface area (Å²) in [5.74, 6) is -3.15. The van der Waals surface area contributed by atoms with Gasteiger partial charge in [0.05, 0.1) is 12.2 Å². The molecule has 0 unspecified atom stereocenters. The van der Waals surface area contributed by atoms with E-state index < -0.39 is 40.4 Å². The first-order chi connectivity index (χ1) is 20.4. The van der Waals surface area contributed by atoms with E-state index in [-0.39, 0.29) is 31.4 Å². The molecule has 13 heteroatoms. The Hall–Kier alpha value is -4.91. The Labute approximate surface area is 250 Å². The Balaban J connectivity index is 2.08. The molecule has 0 aliphatic rings. The summed E-state index contributed by atoms with van der Waals surface area (Å²) < 4.78 is 25.7. The van der Waals surface area contributed by atoms with Gasteiger partial charge in [0.1, 0.15) is 12.6 Å². The highest BCUT2D eigenvalue weighted by Gasteiger charge is 2.35. The first kappa shape index (κ1) is 32.6. The third-order valence-corrected chi connectivity index (χ3v) is 7.04. The van der Waals surface area contributed by atoms with E-state index in [4.69, 9.17) is 11.5 Å². The number of nitrogens with zero attached hydrogens (tertiary/aromatic N) is 2. The van der Waals surface area contributed by atoms with Gasteiger partial charge < -0.3 is 26.8 Å². The van der Waals surface area contributed by atoms with Crippen LogP contribution < -0.4 is 21.5 Å². The molecule has 12 nitrogen and oxygen atoms in total. The lowest BCUT2D eigenvalue weighted by Gasteiger charge is -2.34. The molecular formula is C30H36N6O6S. The topological polar surface area (TPSA) is 197 Å². The third-order valence-electron chi connectivity index (χ3n) is 6.43. The van der Waals surface area contributed by atoms with E-state index in [2.05, 4.69) is 15.0 Å². The van der Waals surface area contributed by atoms with Gasteiger partial charge >= 0.3 is 5.97 Å². The summed E-state index contributed by atoms with van der Waals surface area (Å²) in [6, 6.07) is 23.6. The highest BCUT2D eigenvalue weighted by Crippen LogP contribution is 2.29. The Kier molecular flexibility index (Phi) is 11.6. The van der Waals surface area contributed by atoms with Crippen molar-refractivity contribution in [3.63, 3.8) is 0 Å². The lowest BCUT2D eigenvalue weighted by Crippen LogP contribution is -2.51. The van der Waals surface area contributed by atoms with E-state index in [0.29, 0.717) is 28.8 Å². The van der Waals surface area contributed by atoms with Gasteiger partial charge in [0.25, 0.3) is 0 Å². The van der Waals surface area contributed by atoms with E-state index in [1.165, 1.54) is 4.90 Å². The highest BCUT2D eigenvalue weighted by molar-refractivity contribution is 7.92. The molecule has 0 aromatic heterocycles. The maximum atomic E-state index is 14.6. The zero-order chi connectivity index (χ0) is 31.4. The van der Waals surface area contributed by atoms with Crippen LogP contribution in [0, 0.1) is 0 Å². The summed E-state index contributed by atoms with van der Waals surface area (Å²) in [6.07, 6.45) is 1.50. The summed E-state index contributed by atoms with van der Waals surface area (Å²) in [6.45, 7) is -0.459. The minimum atomic E-state index is -3.50. The summed E-state index contributed by atoms with van der Waals surface area (Å²) in [5, 5.41) is 11.6. The van der Waals surface area contributed by atoms with Crippen molar-refractivity contribution in [2.75, 3.05) is 24.1 Å². The standard InChI is InChI=1S/C30H36N6O6S/c1-43(41,42)35-24-16-14-21(15-17-24)20-36(25(13-8-18-33-30(31)32)28(39)34-19-26(37)38)29(40)27(22-9-4-2-5-10-22)23-11-6-3-7-12-23/h2-7,9-12,14-17,25,27,35H,8,13,18-20H2,1H3,(H,34,39)(H,37,38)(H4,31,32,33)/t25-/m0/s1. The largest absolute Gasteiger partial charge is 0.480 e. The number of anilines is 1. The monoisotopic (exact) mass is 608 g/mol. The second-order valence-corrected chi connectivity index (χ2v) is 11.6. The number of aliphatic carboxylic acids is 1. The van der Waals surface area contributed by atoms with E-state index in [0.717, 1.165) is 6.26 Å². The zero-order valence-corrected chi connectivity index (χ0v) is 24.5. The Morgan fingerprint density at radius 3 is 1.95 bits per heavy atom. The predicted octanol–water partition coefficient (Wildman–Crippen LogP) is 1.84. The minimum Gasteiger partial charge on any atom is -0.480 e. The number of carbonyl (C=O) groups is 3. The number of rotatable bonds is 15. The van der Waals surface area contributed by atoms with Gasteiger partial charge in [0.2, 0.25) is 21.8 Å². The van der Waals surface area contributed by atoms with Crippen molar-refractivity contribution in [1.82, 2.24) is 10.2 Å². The van der Waals surface area contributed by atoms with Crippen LogP contribution in [0.1, 0.15) is 35.4 Å². The lowest BCUT2D eigenvalue weighted by molar-refractivity contribution is -0.143. The van der Waals surface area contributed by atoms with Crippen molar-refractivity contribution in [3.8, 4) is 0 Å². The van der Waals surface area contributed by atoms with E-state index >= 15 is 0 Å². The smallest absolute Gasteiger partial charge is 0.322 e. The molecule has 0 bridgehead atoms. The molecule has 0 radical (unpaired) electrons. The predicted molar refractivity (Wildman–Crippen MR) is 165 cm³/mol. The third kappa shape index (κ3) is 10.5. The number of aliphatic imine (C=N–C) groups is 1. The van der Waals surface area contributed by atoms with Crippen LogP contribution in [-0.4, -0.2) is 67.6 Å². The summed E-state index contributed by atoms with van der Waals surface area (Å²) >= 11 is 0. The van der Waals surface area contributed by atoms with E-state index in [9.17, 15) is 27.9 Å². The van der Waals surface area contributed by atoms with Crippen molar-refractivity contribution in [2.45, 2.75) is 31.3 Å². The van der Waals surface area contributed by atoms with E-state index in [1.807, 2.05) is 60.7 Å². The molecule has 2 amide bonds. The van der Waals surface area contributed by atoms with Crippen molar-refractivity contribution in [1.29, 1.82) is 0 Å². The number of amides is 2. The number of nitrogens with one attached hydrogen (secondary N) is 2. The summed E-state index contributed by atoms with van der Waals surface area (Å²) in [5.41, 5.74) is 13.3. The van der Waals surface area contributed by atoms with Gasteiger partial charge in [-0.05, 0) is 41.7 Å². The molecule has 43 heavy (non-hydrogen) atoms. The molecule has 0 aliphatic carbocycles. The Bertz CT molecular complexity index is 1470. The molecule has 0 saturated carbocycles. The number of carboxylic acids is 1.